The van der Waals surface area contributed by atoms with Crippen molar-refractivity contribution in [3.8, 4) is 5.75 Å². The highest BCUT2D eigenvalue weighted by atomic mass is 35.5. The standard InChI is InChI=1S/C12H12ClNO3/c1-8(15)11-6-9(13)2-3-12(11)16-7-10-4-5-14-17-10/h2-6,8,15H,7H2,1H3. The number of rotatable bonds is 4. The molecule has 1 atom stereocenters. The number of aromatic nitrogens is 1. The molecule has 0 amide bonds. The van der Waals surface area contributed by atoms with Crippen LogP contribution in [-0.2, 0) is 6.61 Å². The summed E-state index contributed by atoms with van der Waals surface area (Å²) in [6.07, 6.45) is 0.911. The van der Waals surface area contributed by atoms with Gasteiger partial charge >= 0.3 is 0 Å². The Morgan fingerprint density at radius 1 is 1.47 bits per heavy atom. The fourth-order valence-corrected chi connectivity index (χ4v) is 1.62. The maximum Gasteiger partial charge on any atom is 0.174 e. The highest BCUT2D eigenvalue weighted by Crippen LogP contribution is 2.28. The average Bonchev–Trinajstić information content (AvgIpc) is 2.80. The SMILES string of the molecule is CC(O)c1cc(Cl)ccc1OCc1ccno1. The van der Waals surface area contributed by atoms with Crippen molar-refractivity contribution in [2.45, 2.75) is 19.6 Å². The first kappa shape index (κ1) is 12.0. The van der Waals surface area contributed by atoms with E-state index in [1.807, 2.05) is 0 Å². The molecule has 1 unspecified atom stereocenters. The summed E-state index contributed by atoms with van der Waals surface area (Å²) in [6, 6.07) is 6.84. The molecule has 2 aromatic rings. The van der Waals surface area contributed by atoms with Crippen molar-refractivity contribution < 1.29 is 14.4 Å². The smallest absolute Gasteiger partial charge is 0.174 e. The quantitative estimate of drug-likeness (QED) is 0.910. The minimum Gasteiger partial charge on any atom is -0.485 e. The van der Waals surface area contributed by atoms with E-state index < -0.39 is 6.10 Å². The van der Waals surface area contributed by atoms with Gasteiger partial charge in [0.2, 0.25) is 0 Å². The number of benzene rings is 1. The molecule has 0 saturated heterocycles. The fourth-order valence-electron chi connectivity index (χ4n) is 1.44. The van der Waals surface area contributed by atoms with Gasteiger partial charge in [0.15, 0.2) is 5.76 Å². The van der Waals surface area contributed by atoms with E-state index in [4.69, 9.17) is 20.9 Å². The first-order valence-corrected chi connectivity index (χ1v) is 5.54. The minimum absolute atomic E-state index is 0.265. The van der Waals surface area contributed by atoms with Crippen molar-refractivity contribution in [2.75, 3.05) is 0 Å². The van der Waals surface area contributed by atoms with Crippen LogP contribution in [0.4, 0.5) is 0 Å². The average molecular weight is 254 g/mol. The van der Waals surface area contributed by atoms with Crippen molar-refractivity contribution in [3.05, 3.63) is 46.8 Å². The maximum atomic E-state index is 9.61. The highest BCUT2D eigenvalue weighted by Gasteiger charge is 2.10. The van der Waals surface area contributed by atoms with E-state index in [1.165, 1.54) is 0 Å². The van der Waals surface area contributed by atoms with Gasteiger partial charge in [0.1, 0.15) is 12.4 Å². The summed E-state index contributed by atoms with van der Waals surface area (Å²) in [5.74, 6) is 1.21. The van der Waals surface area contributed by atoms with Crippen molar-refractivity contribution >= 4 is 11.6 Å². The van der Waals surface area contributed by atoms with Crippen LogP contribution >= 0.6 is 11.6 Å². The Morgan fingerprint density at radius 3 is 2.94 bits per heavy atom. The lowest BCUT2D eigenvalue weighted by Crippen LogP contribution is -2.00. The Morgan fingerprint density at radius 2 is 2.29 bits per heavy atom. The summed E-state index contributed by atoms with van der Waals surface area (Å²) >= 11 is 5.87. The third-order valence-corrected chi connectivity index (χ3v) is 2.52. The molecule has 17 heavy (non-hydrogen) atoms. The molecular formula is C12H12ClNO3. The Balaban J connectivity index is 2.14. The second-order valence-electron chi connectivity index (χ2n) is 3.63. The van der Waals surface area contributed by atoms with E-state index in [-0.39, 0.29) is 6.61 Å². The second-order valence-corrected chi connectivity index (χ2v) is 4.06. The summed E-state index contributed by atoms with van der Waals surface area (Å²) in [6.45, 7) is 1.92. The topological polar surface area (TPSA) is 55.5 Å². The predicted molar refractivity (Wildman–Crippen MR) is 62.9 cm³/mol. The van der Waals surface area contributed by atoms with Crippen molar-refractivity contribution in [1.82, 2.24) is 5.16 Å². The van der Waals surface area contributed by atoms with Crippen LogP contribution in [0, 0.1) is 0 Å². The van der Waals surface area contributed by atoms with E-state index in [1.54, 1.807) is 37.4 Å². The van der Waals surface area contributed by atoms with Crippen LogP contribution in [0.1, 0.15) is 24.4 Å². The van der Waals surface area contributed by atoms with E-state index in [0.717, 1.165) is 0 Å². The Labute approximate surface area is 104 Å². The summed E-state index contributed by atoms with van der Waals surface area (Å²) in [7, 11) is 0. The maximum absolute atomic E-state index is 9.61. The highest BCUT2D eigenvalue weighted by molar-refractivity contribution is 6.30. The first-order chi connectivity index (χ1) is 8.16. The molecule has 0 saturated carbocycles. The van der Waals surface area contributed by atoms with E-state index in [9.17, 15) is 5.11 Å². The molecule has 0 aliphatic rings. The molecule has 5 heteroatoms. The summed E-state index contributed by atoms with van der Waals surface area (Å²) in [4.78, 5) is 0. The molecule has 1 aromatic carbocycles. The normalized spacial score (nSPS) is 12.4. The van der Waals surface area contributed by atoms with Crippen LogP contribution in [0.25, 0.3) is 0 Å². The molecule has 1 aromatic heterocycles. The van der Waals surface area contributed by atoms with Crippen LogP contribution in [0.3, 0.4) is 0 Å². The number of nitrogens with zero attached hydrogens (tertiary/aromatic N) is 1. The Kier molecular flexibility index (Phi) is 3.66. The zero-order valence-electron chi connectivity index (χ0n) is 9.26. The lowest BCUT2D eigenvalue weighted by Gasteiger charge is -2.12. The van der Waals surface area contributed by atoms with Gasteiger partial charge in [-0.15, -0.1) is 0 Å². The van der Waals surface area contributed by atoms with Gasteiger partial charge in [-0.2, -0.15) is 0 Å². The number of hydrogen-bond donors (Lipinski definition) is 1. The summed E-state index contributed by atoms with van der Waals surface area (Å²) in [5.41, 5.74) is 0.650. The van der Waals surface area contributed by atoms with Gasteiger partial charge in [0.25, 0.3) is 0 Å². The Bertz CT molecular complexity index is 483. The minimum atomic E-state index is -0.640. The zero-order valence-corrected chi connectivity index (χ0v) is 10.0. The van der Waals surface area contributed by atoms with Crippen molar-refractivity contribution in [2.24, 2.45) is 0 Å². The first-order valence-electron chi connectivity index (χ1n) is 5.16. The zero-order chi connectivity index (χ0) is 12.3. The lowest BCUT2D eigenvalue weighted by atomic mass is 10.1. The third kappa shape index (κ3) is 2.99. The van der Waals surface area contributed by atoms with Gasteiger partial charge in [0, 0.05) is 16.7 Å². The van der Waals surface area contributed by atoms with Gasteiger partial charge in [-0.3, -0.25) is 0 Å². The molecule has 1 N–H and O–H groups in total. The fraction of sp³-hybridized carbons (Fsp3) is 0.250. The molecule has 0 fully saturated rings. The molecular weight excluding hydrogens is 242 g/mol. The summed E-state index contributed by atoms with van der Waals surface area (Å²) in [5, 5.41) is 13.8. The number of halogens is 1. The van der Waals surface area contributed by atoms with Crippen molar-refractivity contribution in [1.29, 1.82) is 0 Å². The monoisotopic (exact) mass is 253 g/mol. The number of aliphatic hydroxyl groups excluding tert-OH is 1. The van der Waals surface area contributed by atoms with E-state index >= 15 is 0 Å². The molecule has 0 bridgehead atoms. The van der Waals surface area contributed by atoms with Crippen LogP contribution < -0.4 is 4.74 Å². The molecule has 0 radical (unpaired) electrons. The molecule has 0 aliphatic carbocycles. The van der Waals surface area contributed by atoms with Gasteiger partial charge in [-0.05, 0) is 25.1 Å². The second kappa shape index (κ2) is 5.21. The van der Waals surface area contributed by atoms with Crippen LogP contribution in [-0.4, -0.2) is 10.3 Å². The largest absolute Gasteiger partial charge is 0.485 e. The lowest BCUT2D eigenvalue weighted by molar-refractivity contribution is 0.186. The van der Waals surface area contributed by atoms with Gasteiger partial charge in [-0.25, -0.2) is 0 Å². The summed E-state index contributed by atoms with van der Waals surface area (Å²) < 4.78 is 10.5. The van der Waals surface area contributed by atoms with Gasteiger partial charge in [-0.1, -0.05) is 16.8 Å². The number of ether oxygens (including phenoxy) is 1. The van der Waals surface area contributed by atoms with E-state index in [0.29, 0.717) is 22.1 Å². The third-order valence-electron chi connectivity index (χ3n) is 2.28. The van der Waals surface area contributed by atoms with Crippen LogP contribution in [0.15, 0.2) is 35.0 Å². The molecule has 0 spiro atoms. The van der Waals surface area contributed by atoms with E-state index in [2.05, 4.69) is 5.16 Å². The predicted octanol–water partition coefficient (Wildman–Crippen LogP) is 2.96. The molecule has 4 nitrogen and oxygen atoms in total. The molecule has 0 aliphatic heterocycles. The number of hydrogen-bond acceptors (Lipinski definition) is 4. The Hall–Kier alpha value is -1.52. The molecule has 1 heterocycles. The van der Waals surface area contributed by atoms with Gasteiger partial charge in [0.05, 0.1) is 12.3 Å². The molecule has 2 rings (SSSR count). The number of aliphatic hydroxyl groups is 1. The van der Waals surface area contributed by atoms with Crippen LogP contribution in [0.5, 0.6) is 5.75 Å². The van der Waals surface area contributed by atoms with Crippen LogP contribution in [0.2, 0.25) is 5.02 Å². The van der Waals surface area contributed by atoms with Crippen molar-refractivity contribution in [3.63, 3.8) is 0 Å². The molecule has 90 valence electrons. The van der Waals surface area contributed by atoms with Gasteiger partial charge < -0.3 is 14.4 Å².